The van der Waals surface area contributed by atoms with Crippen LogP contribution in [0.4, 0.5) is 0 Å². The van der Waals surface area contributed by atoms with E-state index in [1.807, 2.05) is 0 Å². The van der Waals surface area contributed by atoms with Crippen LogP contribution < -0.4 is 0 Å². The highest BCUT2D eigenvalue weighted by Gasteiger charge is 2.15. The lowest BCUT2D eigenvalue weighted by atomic mass is 10.1. The summed E-state index contributed by atoms with van der Waals surface area (Å²) in [4.78, 5) is 0. The van der Waals surface area contributed by atoms with Gasteiger partial charge < -0.3 is 0 Å². The lowest BCUT2D eigenvalue weighted by Crippen LogP contribution is -2.32. The van der Waals surface area contributed by atoms with Crippen molar-refractivity contribution >= 4 is 10.0 Å². The summed E-state index contributed by atoms with van der Waals surface area (Å²) >= 11 is 0. The first-order valence-electron chi connectivity index (χ1n) is 9.71. The van der Waals surface area contributed by atoms with Crippen molar-refractivity contribution in [1.29, 1.82) is 10.5 Å². The Bertz CT molecular complexity index is 462. The molecule has 0 bridgehead atoms. The zero-order valence-corrected chi connectivity index (χ0v) is 16.7. The Morgan fingerprint density at radius 3 is 1.28 bits per heavy atom. The highest BCUT2D eigenvalue weighted by molar-refractivity contribution is 7.88. The predicted octanol–water partition coefficient (Wildman–Crippen LogP) is 4.76. The van der Waals surface area contributed by atoms with Gasteiger partial charge in [0, 0.05) is 25.9 Å². The minimum Gasteiger partial charge on any atom is -0.213 e. The molecule has 0 heterocycles. The third-order valence-electron chi connectivity index (χ3n) is 4.36. The van der Waals surface area contributed by atoms with Crippen LogP contribution in [-0.4, -0.2) is 32.1 Å². The molecule has 5 nitrogen and oxygen atoms in total. The van der Waals surface area contributed by atoms with Crippen LogP contribution in [0.2, 0.25) is 0 Å². The maximum atomic E-state index is 11.9. The molecule has 6 heteroatoms. The summed E-state index contributed by atoms with van der Waals surface area (Å²) in [6.45, 7) is 1.25. The third-order valence-corrected chi connectivity index (χ3v) is 5.66. The van der Waals surface area contributed by atoms with Crippen molar-refractivity contribution in [3.63, 3.8) is 0 Å². The molecule has 0 fully saturated rings. The normalized spacial score (nSPS) is 11.4. The van der Waals surface area contributed by atoms with Crippen LogP contribution in [-0.2, 0) is 10.0 Å². The smallest absolute Gasteiger partial charge is 0.211 e. The standard InChI is InChI=1S/C19H35N3O2S/c1-25(23,24)22(18-14-10-6-2-4-8-12-16-20)19-15-11-7-3-5-9-13-17-21/h2-15,18-19H2,1H3. The van der Waals surface area contributed by atoms with E-state index in [0.29, 0.717) is 25.9 Å². The fourth-order valence-corrected chi connectivity index (χ4v) is 3.76. The quantitative estimate of drug-likeness (QED) is 0.346. The predicted molar refractivity (Wildman–Crippen MR) is 102 cm³/mol. The molecular formula is C19H35N3O2S. The first-order valence-corrected chi connectivity index (χ1v) is 11.6. The molecule has 0 atom stereocenters. The fourth-order valence-electron chi connectivity index (χ4n) is 2.84. The van der Waals surface area contributed by atoms with E-state index in [1.54, 1.807) is 4.31 Å². The fraction of sp³-hybridized carbons (Fsp3) is 0.895. The molecule has 0 aromatic carbocycles. The van der Waals surface area contributed by atoms with Gasteiger partial charge in [-0.05, 0) is 25.7 Å². The van der Waals surface area contributed by atoms with Gasteiger partial charge in [0.1, 0.15) is 0 Å². The van der Waals surface area contributed by atoms with Crippen LogP contribution in [0.25, 0.3) is 0 Å². The number of rotatable bonds is 17. The van der Waals surface area contributed by atoms with Crippen molar-refractivity contribution in [2.24, 2.45) is 0 Å². The monoisotopic (exact) mass is 369 g/mol. The Kier molecular flexibility index (Phi) is 15.6. The van der Waals surface area contributed by atoms with Crippen LogP contribution in [0.3, 0.4) is 0 Å². The van der Waals surface area contributed by atoms with Crippen molar-refractivity contribution in [2.45, 2.75) is 89.9 Å². The molecule has 0 aliphatic carbocycles. The summed E-state index contributed by atoms with van der Waals surface area (Å²) in [5.74, 6) is 0. The third kappa shape index (κ3) is 16.1. The van der Waals surface area contributed by atoms with Crippen LogP contribution in [0, 0.1) is 22.7 Å². The molecule has 0 spiro atoms. The van der Waals surface area contributed by atoms with Crippen molar-refractivity contribution in [3.8, 4) is 12.1 Å². The number of sulfonamides is 1. The topological polar surface area (TPSA) is 85.0 Å². The molecule has 0 aromatic heterocycles. The zero-order valence-electron chi connectivity index (χ0n) is 15.9. The van der Waals surface area contributed by atoms with Crippen LogP contribution in [0.15, 0.2) is 0 Å². The van der Waals surface area contributed by atoms with Gasteiger partial charge in [0.05, 0.1) is 18.4 Å². The minimum atomic E-state index is -3.11. The first-order chi connectivity index (χ1) is 12.0. The molecular weight excluding hydrogens is 334 g/mol. The second kappa shape index (κ2) is 16.4. The average molecular weight is 370 g/mol. The SMILES string of the molecule is CS(=O)(=O)N(CCCCCCCCC#N)CCCCCCCCC#N. The van der Waals surface area contributed by atoms with E-state index in [4.69, 9.17) is 10.5 Å². The van der Waals surface area contributed by atoms with Crippen molar-refractivity contribution in [3.05, 3.63) is 0 Å². The number of unbranched alkanes of at least 4 members (excludes halogenated alkanes) is 12. The average Bonchev–Trinajstić information content (AvgIpc) is 2.56. The summed E-state index contributed by atoms with van der Waals surface area (Å²) < 4.78 is 25.4. The van der Waals surface area contributed by atoms with Crippen molar-refractivity contribution < 1.29 is 8.42 Å². The number of nitrogens with zero attached hydrogens (tertiary/aromatic N) is 3. The Morgan fingerprint density at radius 2 is 0.960 bits per heavy atom. The van der Waals surface area contributed by atoms with Crippen LogP contribution >= 0.6 is 0 Å². The molecule has 0 amide bonds. The highest BCUT2D eigenvalue weighted by Crippen LogP contribution is 2.11. The molecule has 0 rings (SSSR count). The molecule has 0 aromatic rings. The zero-order chi connectivity index (χ0) is 18.8. The highest BCUT2D eigenvalue weighted by atomic mass is 32.2. The van der Waals surface area contributed by atoms with Gasteiger partial charge >= 0.3 is 0 Å². The molecule has 0 N–H and O–H groups in total. The molecule has 0 unspecified atom stereocenters. The maximum absolute atomic E-state index is 11.9. The molecule has 0 aliphatic heterocycles. The van der Waals surface area contributed by atoms with E-state index in [1.165, 1.54) is 6.26 Å². The Labute approximate surface area is 155 Å². The lowest BCUT2D eigenvalue weighted by Gasteiger charge is -2.19. The van der Waals surface area contributed by atoms with Crippen molar-refractivity contribution in [1.82, 2.24) is 4.31 Å². The first kappa shape index (κ1) is 23.9. The summed E-state index contributed by atoms with van der Waals surface area (Å²) in [5, 5.41) is 16.9. The molecule has 25 heavy (non-hydrogen) atoms. The van der Waals surface area contributed by atoms with Gasteiger partial charge in [-0.1, -0.05) is 51.4 Å². The van der Waals surface area contributed by atoms with E-state index in [-0.39, 0.29) is 0 Å². The second-order valence-electron chi connectivity index (χ2n) is 6.72. The number of hydrogen-bond acceptors (Lipinski definition) is 4. The largest absolute Gasteiger partial charge is 0.213 e. The van der Waals surface area contributed by atoms with Gasteiger partial charge in [-0.3, -0.25) is 0 Å². The molecule has 0 saturated carbocycles. The van der Waals surface area contributed by atoms with Gasteiger partial charge in [-0.15, -0.1) is 0 Å². The maximum Gasteiger partial charge on any atom is 0.211 e. The van der Waals surface area contributed by atoms with E-state index >= 15 is 0 Å². The molecule has 0 radical (unpaired) electrons. The summed E-state index contributed by atoms with van der Waals surface area (Å²) in [7, 11) is -3.11. The lowest BCUT2D eigenvalue weighted by molar-refractivity contribution is 0.386. The van der Waals surface area contributed by atoms with Gasteiger partial charge in [-0.2, -0.15) is 10.5 Å². The van der Waals surface area contributed by atoms with Gasteiger partial charge in [0.15, 0.2) is 0 Å². The van der Waals surface area contributed by atoms with E-state index in [0.717, 1.165) is 77.0 Å². The second-order valence-corrected chi connectivity index (χ2v) is 8.70. The van der Waals surface area contributed by atoms with Crippen LogP contribution in [0.5, 0.6) is 0 Å². The number of nitriles is 2. The van der Waals surface area contributed by atoms with Gasteiger partial charge in [-0.25, -0.2) is 12.7 Å². The van der Waals surface area contributed by atoms with Crippen LogP contribution in [0.1, 0.15) is 89.9 Å². The van der Waals surface area contributed by atoms with Gasteiger partial charge in [0.2, 0.25) is 10.0 Å². The summed E-state index contributed by atoms with van der Waals surface area (Å²) in [6, 6.07) is 4.31. The van der Waals surface area contributed by atoms with E-state index in [2.05, 4.69) is 12.1 Å². The summed E-state index contributed by atoms with van der Waals surface area (Å²) in [6.07, 6.45) is 15.2. The molecule has 144 valence electrons. The van der Waals surface area contributed by atoms with Crippen molar-refractivity contribution in [2.75, 3.05) is 19.3 Å². The Hall–Kier alpha value is -1.11. The minimum absolute atomic E-state index is 0.624. The summed E-state index contributed by atoms with van der Waals surface area (Å²) in [5.41, 5.74) is 0. The molecule has 0 saturated heterocycles. The Morgan fingerprint density at radius 1 is 0.640 bits per heavy atom. The van der Waals surface area contributed by atoms with Gasteiger partial charge in [0.25, 0.3) is 0 Å². The number of hydrogen-bond donors (Lipinski definition) is 0. The molecule has 0 aliphatic rings. The van der Waals surface area contributed by atoms with E-state index in [9.17, 15) is 8.42 Å². The Balaban J connectivity index is 3.74. The van der Waals surface area contributed by atoms with E-state index < -0.39 is 10.0 Å².